The summed E-state index contributed by atoms with van der Waals surface area (Å²) >= 11 is 5.93. The lowest BCUT2D eigenvalue weighted by atomic mass is 10.2. The van der Waals surface area contributed by atoms with Crippen LogP contribution < -0.4 is 10.6 Å². The zero-order valence-electron chi connectivity index (χ0n) is 13.8. The van der Waals surface area contributed by atoms with Crippen LogP contribution in [0.25, 0.3) is 0 Å². The number of benzene rings is 2. The second kappa shape index (κ2) is 7.64. The molecule has 1 amide bonds. The lowest BCUT2D eigenvalue weighted by Gasteiger charge is -2.09. The smallest absolute Gasteiger partial charge is 0.274 e. The molecule has 1 heterocycles. The van der Waals surface area contributed by atoms with Crippen LogP contribution in [-0.2, 0) is 0 Å². The van der Waals surface area contributed by atoms with Crippen LogP contribution in [0.5, 0.6) is 0 Å². The van der Waals surface area contributed by atoms with Gasteiger partial charge in [-0.1, -0.05) is 17.7 Å². The van der Waals surface area contributed by atoms with Crippen LogP contribution in [0.4, 0.5) is 17.2 Å². The second-order valence-corrected chi connectivity index (χ2v) is 5.90. The van der Waals surface area contributed by atoms with Gasteiger partial charge in [-0.25, -0.2) is 9.97 Å². The highest BCUT2D eigenvalue weighted by Gasteiger charge is 2.11. The minimum Gasteiger partial charge on any atom is -0.340 e. The number of anilines is 3. The third kappa shape index (κ3) is 4.35. The molecule has 0 unspecified atom stereocenters. The van der Waals surface area contributed by atoms with Crippen LogP contribution in [0.2, 0.25) is 5.02 Å². The number of halogens is 1. The fourth-order valence-electron chi connectivity index (χ4n) is 2.29. The van der Waals surface area contributed by atoms with E-state index in [-0.39, 0.29) is 11.6 Å². The van der Waals surface area contributed by atoms with Crippen molar-refractivity contribution in [3.05, 3.63) is 76.7 Å². The monoisotopic (exact) mass is 363 g/mol. The Bertz CT molecular complexity index is 996. The molecule has 0 aliphatic carbocycles. The number of carbonyl (C=O) groups excluding carboxylic acids is 1. The van der Waals surface area contributed by atoms with Crippen molar-refractivity contribution in [2.24, 2.45) is 0 Å². The maximum Gasteiger partial charge on any atom is 0.274 e. The summed E-state index contributed by atoms with van der Waals surface area (Å²) in [7, 11) is 0. The average molecular weight is 364 g/mol. The highest BCUT2D eigenvalue weighted by molar-refractivity contribution is 6.30. The Morgan fingerprint density at radius 2 is 1.85 bits per heavy atom. The molecule has 0 bridgehead atoms. The molecule has 6 nitrogen and oxygen atoms in total. The molecular formula is C19H14ClN5O. The van der Waals surface area contributed by atoms with Crippen LogP contribution in [0.3, 0.4) is 0 Å². The third-order valence-electron chi connectivity index (χ3n) is 3.44. The summed E-state index contributed by atoms with van der Waals surface area (Å²) in [5, 5.41) is 15.2. The van der Waals surface area contributed by atoms with Crippen molar-refractivity contribution in [3.8, 4) is 6.07 Å². The van der Waals surface area contributed by atoms with Gasteiger partial charge in [0, 0.05) is 22.5 Å². The molecule has 0 fully saturated rings. The first-order valence-corrected chi connectivity index (χ1v) is 8.11. The fourth-order valence-corrected chi connectivity index (χ4v) is 2.48. The van der Waals surface area contributed by atoms with Crippen LogP contribution in [0, 0.1) is 18.3 Å². The fraction of sp³-hybridized carbons (Fsp3) is 0.0526. The Balaban J connectivity index is 1.80. The topological polar surface area (TPSA) is 90.7 Å². The molecule has 128 valence electrons. The van der Waals surface area contributed by atoms with E-state index < -0.39 is 0 Å². The molecule has 2 N–H and O–H groups in total. The lowest BCUT2D eigenvalue weighted by Crippen LogP contribution is -2.15. The van der Waals surface area contributed by atoms with E-state index in [0.29, 0.717) is 27.9 Å². The molecule has 0 saturated carbocycles. The molecule has 3 aromatic rings. The van der Waals surface area contributed by atoms with Crippen molar-refractivity contribution in [1.82, 2.24) is 9.97 Å². The van der Waals surface area contributed by atoms with Gasteiger partial charge in [-0.2, -0.15) is 5.26 Å². The summed E-state index contributed by atoms with van der Waals surface area (Å²) in [6.45, 7) is 1.71. The Hall–Kier alpha value is -3.43. The summed E-state index contributed by atoms with van der Waals surface area (Å²) in [4.78, 5) is 20.9. The van der Waals surface area contributed by atoms with Gasteiger partial charge in [-0.3, -0.25) is 4.79 Å². The first kappa shape index (κ1) is 17.4. The summed E-state index contributed by atoms with van der Waals surface area (Å²) in [5.74, 6) is 0.582. The summed E-state index contributed by atoms with van der Waals surface area (Å²) in [6.07, 6.45) is 0. The Labute approximate surface area is 155 Å². The van der Waals surface area contributed by atoms with Gasteiger partial charge in [0.15, 0.2) is 0 Å². The van der Waals surface area contributed by atoms with E-state index in [1.54, 1.807) is 61.5 Å². The van der Waals surface area contributed by atoms with Gasteiger partial charge in [-0.15, -0.1) is 0 Å². The maximum absolute atomic E-state index is 12.5. The van der Waals surface area contributed by atoms with Crippen LogP contribution in [0.15, 0.2) is 54.6 Å². The van der Waals surface area contributed by atoms with Crippen LogP contribution in [-0.4, -0.2) is 15.9 Å². The van der Waals surface area contributed by atoms with Gasteiger partial charge in [0.05, 0.1) is 11.6 Å². The summed E-state index contributed by atoms with van der Waals surface area (Å²) in [6, 6.07) is 17.4. The van der Waals surface area contributed by atoms with Crippen LogP contribution >= 0.6 is 11.6 Å². The van der Waals surface area contributed by atoms with Gasteiger partial charge in [0.1, 0.15) is 17.3 Å². The van der Waals surface area contributed by atoms with Crippen molar-refractivity contribution in [2.75, 3.05) is 10.6 Å². The summed E-state index contributed by atoms with van der Waals surface area (Å²) in [5.41, 5.74) is 2.13. The zero-order chi connectivity index (χ0) is 18.5. The van der Waals surface area contributed by atoms with Gasteiger partial charge >= 0.3 is 0 Å². The molecular weight excluding hydrogens is 350 g/mol. The highest BCUT2D eigenvalue weighted by atomic mass is 35.5. The minimum absolute atomic E-state index is 0.230. The summed E-state index contributed by atoms with van der Waals surface area (Å²) < 4.78 is 0. The maximum atomic E-state index is 12.5. The molecule has 0 spiro atoms. The first-order chi connectivity index (χ1) is 12.5. The largest absolute Gasteiger partial charge is 0.340 e. The molecule has 0 saturated heterocycles. The van der Waals surface area contributed by atoms with Crippen molar-refractivity contribution >= 4 is 34.7 Å². The van der Waals surface area contributed by atoms with Gasteiger partial charge < -0.3 is 10.6 Å². The number of hydrogen-bond donors (Lipinski definition) is 2. The van der Waals surface area contributed by atoms with Gasteiger partial charge in [0.25, 0.3) is 5.91 Å². The Morgan fingerprint density at radius 1 is 1.08 bits per heavy atom. The minimum atomic E-state index is -0.361. The Morgan fingerprint density at radius 3 is 2.54 bits per heavy atom. The standard InChI is InChI=1S/C19H14ClN5O/c1-12-22-17(19(26)25-16-4-2-3-14(20)9-16)10-18(23-12)24-15-7-5-13(11-21)6-8-15/h2-10H,1H3,(H,25,26)(H,22,23,24). The van der Waals surface area contributed by atoms with Crippen molar-refractivity contribution in [3.63, 3.8) is 0 Å². The predicted molar refractivity (Wildman–Crippen MR) is 101 cm³/mol. The van der Waals surface area contributed by atoms with E-state index in [1.807, 2.05) is 0 Å². The molecule has 0 aliphatic rings. The molecule has 1 aromatic heterocycles. The third-order valence-corrected chi connectivity index (χ3v) is 3.67. The molecule has 0 aliphatic heterocycles. The van der Waals surface area contributed by atoms with E-state index >= 15 is 0 Å². The molecule has 0 atom stereocenters. The normalized spacial score (nSPS) is 10.0. The Kier molecular flexibility index (Phi) is 5.11. The number of aromatic nitrogens is 2. The number of rotatable bonds is 4. The highest BCUT2D eigenvalue weighted by Crippen LogP contribution is 2.18. The number of aryl methyl sites for hydroxylation is 1. The number of hydrogen-bond acceptors (Lipinski definition) is 5. The van der Waals surface area contributed by atoms with E-state index in [1.165, 1.54) is 0 Å². The van der Waals surface area contributed by atoms with E-state index in [0.717, 1.165) is 5.69 Å². The van der Waals surface area contributed by atoms with Gasteiger partial charge in [-0.05, 0) is 49.4 Å². The average Bonchev–Trinajstić information content (AvgIpc) is 2.62. The number of amides is 1. The first-order valence-electron chi connectivity index (χ1n) is 7.73. The van der Waals surface area contributed by atoms with Crippen molar-refractivity contribution in [1.29, 1.82) is 5.26 Å². The number of nitriles is 1. The SMILES string of the molecule is Cc1nc(Nc2ccc(C#N)cc2)cc(C(=O)Nc2cccc(Cl)c2)n1. The van der Waals surface area contributed by atoms with Gasteiger partial charge in [0.2, 0.25) is 0 Å². The van der Waals surface area contributed by atoms with E-state index in [9.17, 15) is 4.79 Å². The molecule has 7 heteroatoms. The van der Waals surface area contributed by atoms with Crippen LogP contribution in [0.1, 0.15) is 21.9 Å². The molecule has 3 rings (SSSR count). The predicted octanol–water partition coefficient (Wildman–Crippen LogP) is 4.31. The van der Waals surface area contributed by atoms with Crippen molar-refractivity contribution < 1.29 is 4.79 Å². The molecule has 2 aromatic carbocycles. The van der Waals surface area contributed by atoms with E-state index in [2.05, 4.69) is 26.7 Å². The quantitative estimate of drug-likeness (QED) is 0.720. The number of nitrogens with one attached hydrogen (secondary N) is 2. The van der Waals surface area contributed by atoms with Crippen molar-refractivity contribution in [2.45, 2.75) is 6.92 Å². The number of carbonyl (C=O) groups is 1. The molecule has 0 radical (unpaired) electrons. The second-order valence-electron chi connectivity index (χ2n) is 5.46. The number of nitrogens with zero attached hydrogens (tertiary/aromatic N) is 3. The zero-order valence-corrected chi connectivity index (χ0v) is 14.6. The lowest BCUT2D eigenvalue weighted by molar-refractivity contribution is 0.102. The molecule has 26 heavy (non-hydrogen) atoms. The van der Waals surface area contributed by atoms with E-state index in [4.69, 9.17) is 16.9 Å².